The van der Waals surface area contributed by atoms with E-state index in [9.17, 15) is 13.2 Å². The second-order valence-electron chi connectivity index (χ2n) is 7.88. The number of sulfonamides is 1. The molecule has 1 amide bonds. The molecule has 0 saturated heterocycles. The van der Waals surface area contributed by atoms with Gasteiger partial charge in [-0.25, -0.2) is 8.42 Å². The van der Waals surface area contributed by atoms with Crippen LogP contribution in [0.5, 0.6) is 11.5 Å². The second-order valence-corrected chi connectivity index (χ2v) is 9.94. The molecule has 0 aliphatic carbocycles. The number of hydrogen-bond acceptors (Lipinski definition) is 5. The third-order valence-electron chi connectivity index (χ3n) is 5.38. The van der Waals surface area contributed by atoms with Gasteiger partial charge in [0.25, 0.3) is 15.9 Å². The molecule has 1 atom stereocenters. The van der Waals surface area contributed by atoms with E-state index in [0.717, 1.165) is 16.7 Å². The zero-order chi connectivity index (χ0) is 25.0. The molecule has 0 radical (unpaired) electrons. The minimum atomic E-state index is -4.03. The summed E-state index contributed by atoms with van der Waals surface area (Å²) >= 11 is 6.21. The number of benzene rings is 3. The lowest BCUT2D eigenvalue weighted by molar-refractivity contribution is 0.0939. The Balaban J connectivity index is 1.85. The van der Waals surface area contributed by atoms with Gasteiger partial charge in [-0.1, -0.05) is 29.8 Å². The van der Waals surface area contributed by atoms with Crippen molar-refractivity contribution in [1.82, 2.24) is 5.32 Å². The van der Waals surface area contributed by atoms with Gasteiger partial charge in [-0.2, -0.15) is 0 Å². The summed E-state index contributed by atoms with van der Waals surface area (Å²) in [5.74, 6) is 0.675. The smallest absolute Gasteiger partial charge is 0.263 e. The van der Waals surface area contributed by atoms with Crippen LogP contribution in [0.1, 0.15) is 40.0 Å². The summed E-state index contributed by atoms with van der Waals surface area (Å²) in [4.78, 5) is 12.7. The predicted molar refractivity (Wildman–Crippen MR) is 134 cm³/mol. The summed E-state index contributed by atoms with van der Waals surface area (Å²) in [6, 6.07) is 14.6. The molecule has 0 aliphatic heterocycles. The zero-order valence-corrected chi connectivity index (χ0v) is 21.2. The maximum atomic E-state index is 13.1. The monoisotopic (exact) mass is 502 g/mol. The highest BCUT2D eigenvalue weighted by molar-refractivity contribution is 7.92. The molecule has 0 aliphatic rings. The van der Waals surface area contributed by atoms with Crippen molar-refractivity contribution in [2.45, 2.75) is 31.7 Å². The average Bonchev–Trinajstić information content (AvgIpc) is 2.80. The molecule has 34 heavy (non-hydrogen) atoms. The minimum absolute atomic E-state index is 0.0160. The van der Waals surface area contributed by atoms with Crippen LogP contribution in [0.3, 0.4) is 0 Å². The first-order chi connectivity index (χ1) is 16.1. The molecule has 2 N–H and O–H groups in total. The quantitative estimate of drug-likeness (QED) is 0.438. The Bertz CT molecular complexity index is 1320. The first kappa shape index (κ1) is 25.4. The molecule has 0 unspecified atom stereocenters. The van der Waals surface area contributed by atoms with Gasteiger partial charge in [-0.15, -0.1) is 0 Å². The average molecular weight is 503 g/mol. The molecular weight excluding hydrogens is 476 g/mol. The molecule has 0 saturated carbocycles. The van der Waals surface area contributed by atoms with Gasteiger partial charge in [-0.05, 0) is 73.9 Å². The van der Waals surface area contributed by atoms with Crippen LogP contribution in [0.4, 0.5) is 5.69 Å². The predicted octanol–water partition coefficient (Wildman–Crippen LogP) is 5.27. The van der Waals surface area contributed by atoms with E-state index in [1.807, 2.05) is 32.0 Å². The Morgan fingerprint density at radius 3 is 2.32 bits per heavy atom. The van der Waals surface area contributed by atoms with E-state index in [2.05, 4.69) is 10.0 Å². The topological polar surface area (TPSA) is 93.7 Å². The van der Waals surface area contributed by atoms with Gasteiger partial charge in [0.1, 0.15) is 4.90 Å². The minimum Gasteiger partial charge on any atom is -0.493 e. The molecule has 0 heterocycles. The fourth-order valence-electron chi connectivity index (χ4n) is 3.38. The van der Waals surface area contributed by atoms with E-state index in [4.69, 9.17) is 21.1 Å². The van der Waals surface area contributed by atoms with Gasteiger partial charge in [0.15, 0.2) is 11.5 Å². The highest BCUT2D eigenvalue weighted by Crippen LogP contribution is 2.30. The first-order valence-corrected chi connectivity index (χ1v) is 12.3. The normalized spacial score (nSPS) is 12.1. The lowest BCUT2D eigenvalue weighted by Gasteiger charge is -2.17. The van der Waals surface area contributed by atoms with Crippen molar-refractivity contribution < 1.29 is 22.7 Å². The third kappa shape index (κ3) is 5.63. The van der Waals surface area contributed by atoms with E-state index < -0.39 is 15.9 Å². The highest BCUT2D eigenvalue weighted by Gasteiger charge is 2.22. The van der Waals surface area contributed by atoms with Crippen LogP contribution in [-0.2, 0) is 10.0 Å². The summed E-state index contributed by atoms with van der Waals surface area (Å²) in [5.41, 5.74) is 3.09. The molecule has 0 spiro atoms. The molecular formula is C25H27ClN2O5S. The van der Waals surface area contributed by atoms with Gasteiger partial charge >= 0.3 is 0 Å². The van der Waals surface area contributed by atoms with Crippen molar-refractivity contribution in [2.24, 2.45) is 0 Å². The SMILES string of the molecule is COc1ccc([C@@H](C)NC(=O)c2ccc(Cl)c(S(=O)(=O)Nc3cc(C)ccc3C)c2)cc1OC. The van der Waals surface area contributed by atoms with Crippen LogP contribution in [0.2, 0.25) is 5.02 Å². The standard InChI is InChI=1S/C25H27ClN2O5S/c1-15-6-7-16(2)21(12-15)28-34(30,31)24-14-19(8-10-20(24)26)25(29)27-17(3)18-9-11-22(32-4)23(13-18)33-5/h6-14,17,28H,1-5H3,(H,27,29)/t17-/m1/s1. The van der Waals surface area contributed by atoms with Crippen LogP contribution in [-0.4, -0.2) is 28.5 Å². The first-order valence-electron chi connectivity index (χ1n) is 10.5. The Morgan fingerprint density at radius 1 is 0.941 bits per heavy atom. The van der Waals surface area contributed by atoms with E-state index in [0.29, 0.717) is 17.2 Å². The summed E-state index contributed by atoms with van der Waals surface area (Å²) in [5, 5.41) is 2.89. The second kappa shape index (κ2) is 10.4. The number of nitrogens with one attached hydrogen (secondary N) is 2. The Morgan fingerprint density at radius 2 is 1.65 bits per heavy atom. The Labute approximate surface area is 205 Å². The third-order valence-corrected chi connectivity index (χ3v) is 7.22. The summed E-state index contributed by atoms with van der Waals surface area (Å²) in [6.07, 6.45) is 0. The molecule has 9 heteroatoms. The van der Waals surface area contributed by atoms with Crippen molar-refractivity contribution in [3.05, 3.63) is 81.9 Å². The van der Waals surface area contributed by atoms with Crippen molar-refractivity contribution in [2.75, 3.05) is 18.9 Å². The van der Waals surface area contributed by atoms with E-state index in [1.165, 1.54) is 25.3 Å². The van der Waals surface area contributed by atoms with Crippen LogP contribution in [0.15, 0.2) is 59.5 Å². The molecule has 3 aromatic carbocycles. The van der Waals surface area contributed by atoms with E-state index >= 15 is 0 Å². The van der Waals surface area contributed by atoms with Crippen LogP contribution >= 0.6 is 11.6 Å². The number of methoxy groups -OCH3 is 2. The number of ether oxygens (including phenoxy) is 2. The lowest BCUT2D eigenvalue weighted by Crippen LogP contribution is -2.27. The fraction of sp³-hybridized carbons (Fsp3) is 0.240. The molecule has 0 fully saturated rings. The van der Waals surface area contributed by atoms with Gasteiger partial charge in [0, 0.05) is 5.56 Å². The summed E-state index contributed by atoms with van der Waals surface area (Å²) in [7, 11) is -0.949. The molecule has 0 aromatic heterocycles. The molecule has 7 nitrogen and oxygen atoms in total. The number of anilines is 1. The van der Waals surface area contributed by atoms with E-state index in [-0.39, 0.29) is 21.5 Å². The molecule has 180 valence electrons. The van der Waals surface area contributed by atoms with Gasteiger partial charge in [-0.3, -0.25) is 9.52 Å². The van der Waals surface area contributed by atoms with Crippen molar-refractivity contribution in [3.63, 3.8) is 0 Å². The Hall–Kier alpha value is -3.23. The molecule has 3 rings (SSSR count). The van der Waals surface area contributed by atoms with Gasteiger partial charge in [0.05, 0.1) is 31.0 Å². The number of carbonyl (C=O) groups excluding carboxylic acids is 1. The molecule has 3 aromatic rings. The molecule has 0 bridgehead atoms. The van der Waals surface area contributed by atoms with Crippen molar-refractivity contribution in [3.8, 4) is 11.5 Å². The Kier molecular flexibility index (Phi) is 7.74. The van der Waals surface area contributed by atoms with Crippen LogP contribution < -0.4 is 19.5 Å². The number of aryl methyl sites for hydroxylation is 2. The van der Waals surface area contributed by atoms with Crippen molar-refractivity contribution in [1.29, 1.82) is 0 Å². The largest absolute Gasteiger partial charge is 0.493 e. The summed E-state index contributed by atoms with van der Waals surface area (Å²) in [6.45, 7) is 5.49. The number of halogens is 1. The number of amides is 1. The summed E-state index contributed by atoms with van der Waals surface area (Å²) < 4.78 is 39.3. The lowest BCUT2D eigenvalue weighted by atomic mass is 10.1. The fourth-order valence-corrected chi connectivity index (χ4v) is 5.03. The number of hydrogen-bond donors (Lipinski definition) is 2. The van der Waals surface area contributed by atoms with Crippen LogP contribution in [0.25, 0.3) is 0 Å². The highest BCUT2D eigenvalue weighted by atomic mass is 35.5. The maximum absolute atomic E-state index is 13.1. The maximum Gasteiger partial charge on any atom is 0.263 e. The number of rotatable bonds is 8. The van der Waals surface area contributed by atoms with Gasteiger partial charge in [0.2, 0.25) is 0 Å². The zero-order valence-electron chi connectivity index (χ0n) is 19.6. The van der Waals surface area contributed by atoms with Crippen LogP contribution in [0, 0.1) is 13.8 Å². The number of carbonyl (C=O) groups is 1. The van der Waals surface area contributed by atoms with Crippen molar-refractivity contribution >= 4 is 33.2 Å². The van der Waals surface area contributed by atoms with Gasteiger partial charge < -0.3 is 14.8 Å². The van der Waals surface area contributed by atoms with E-state index in [1.54, 1.807) is 32.2 Å².